The van der Waals surface area contributed by atoms with Gasteiger partial charge < -0.3 is 4.98 Å². The fraction of sp³-hybridized carbons (Fsp3) is 0. The lowest BCUT2D eigenvalue weighted by Gasteiger charge is -1.92. The van der Waals surface area contributed by atoms with E-state index in [1.807, 2.05) is 54.9 Å². The van der Waals surface area contributed by atoms with E-state index in [1.54, 1.807) is 0 Å². The van der Waals surface area contributed by atoms with Gasteiger partial charge in [0.25, 0.3) is 0 Å². The highest BCUT2D eigenvalue weighted by atomic mass is 14.8. The maximum atomic E-state index is 4.44. The second-order valence-electron chi connectivity index (χ2n) is 3.88. The number of aliphatic imine (C=N–C) groups is 1. The molecule has 2 heteroatoms. The lowest BCUT2D eigenvalue weighted by atomic mass is 10.2. The zero-order valence-electron chi connectivity index (χ0n) is 9.30. The molecular weight excluding hydrogens is 208 g/mol. The number of H-pyrrole nitrogens is 1. The van der Waals surface area contributed by atoms with Crippen LogP contribution in [0.4, 0.5) is 5.69 Å². The summed E-state index contributed by atoms with van der Waals surface area (Å²) in [7, 11) is 0. The van der Waals surface area contributed by atoms with E-state index in [4.69, 9.17) is 0 Å². The minimum absolute atomic E-state index is 0.964. The second kappa shape index (κ2) is 4.26. The summed E-state index contributed by atoms with van der Waals surface area (Å²) in [6.45, 7) is 0. The van der Waals surface area contributed by atoms with Crippen LogP contribution in [-0.4, -0.2) is 11.2 Å². The van der Waals surface area contributed by atoms with Crippen molar-refractivity contribution in [3.63, 3.8) is 0 Å². The maximum Gasteiger partial charge on any atom is 0.0646 e. The van der Waals surface area contributed by atoms with E-state index >= 15 is 0 Å². The van der Waals surface area contributed by atoms with Crippen LogP contribution in [0, 0.1) is 0 Å². The molecule has 0 saturated carbocycles. The molecule has 0 spiro atoms. The largest absolute Gasteiger partial charge is 0.359 e. The van der Waals surface area contributed by atoms with Crippen molar-refractivity contribution in [3.8, 4) is 0 Å². The van der Waals surface area contributed by atoms with Crippen LogP contribution in [-0.2, 0) is 0 Å². The van der Waals surface area contributed by atoms with E-state index in [9.17, 15) is 0 Å². The third-order valence-corrected chi connectivity index (χ3v) is 2.73. The van der Waals surface area contributed by atoms with Gasteiger partial charge in [0.1, 0.15) is 0 Å². The summed E-state index contributed by atoms with van der Waals surface area (Å²) in [5, 5.41) is 2.41. The SMILES string of the molecule is C(=N\c1ccccc1)/c1[nH]cc2ccccc12. The number of aromatic amines is 1. The Morgan fingerprint density at radius 1 is 0.882 bits per heavy atom. The molecule has 0 atom stereocenters. The fourth-order valence-electron chi connectivity index (χ4n) is 1.86. The van der Waals surface area contributed by atoms with Crippen LogP contribution in [0.1, 0.15) is 5.69 Å². The minimum atomic E-state index is 0.964. The third-order valence-electron chi connectivity index (χ3n) is 2.73. The molecule has 0 fully saturated rings. The molecule has 0 bridgehead atoms. The van der Waals surface area contributed by atoms with Crippen LogP contribution in [0.25, 0.3) is 10.8 Å². The van der Waals surface area contributed by atoms with Gasteiger partial charge in [-0.3, -0.25) is 4.99 Å². The quantitative estimate of drug-likeness (QED) is 0.634. The number of nitrogens with zero attached hydrogens (tertiary/aromatic N) is 1. The van der Waals surface area contributed by atoms with Gasteiger partial charge in [-0.15, -0.1) is 0 Å². The zero-order chi connectivity index (χ0) is 11.5. The van der Waals surface area contributed by atoms with E-state index in [-0.39, 0.29) is 0 Å². The Balaban J connectivity index is 1.98. The zero-order valence-corrected chi connectivity index (χ0v) is 9.30. The van der Waals surface area contributed by atoms with Crippen molar-refractivity contribution in [2.24, 2.45) is 4.99 Å². The Bertz CT molecular complexity index is 651. The summed E-state index contributed by atoms with van der Waals surface area (Å²) < 4.78 is 0. The van der Waals surface area contributed by atoms with Crippen molar-refractivity contribution in [1.82, 2.24) is 4.98 Å². The minimum Gasteiger partial charge on any atom is -0.359 e. The van der Waals surface area contributed by atoms with Gasteiger partial charge in [0, 0.05) is 11.6 Å². The van der Waals surface area contributed by atoms with Crippen LogP contribution >= 0.6 is 0 Å². The molecule has 3 rings (SSSR count). The highest BCUT2D eigenvalue weighted by Gasteiger charge is 1.98. The standard InChI is InChI=1S/C15H12N2/c1-2-7-13(8-3-1)16-11-15-14-9-5-4-6-12(14)10-17-15/h1-11,17H/b16-11+. The predicted octanol–water partition coefficient (Wildman–Crippen LogP) is 3.92. The lowest BCUT2D eigenvalue weighted by molar-refractivity contribution is 1.39. The topological polar surface area (TPSA) is 28.1 Å². The van der Waals surface area contributed by atoms with Gasteiger partial charge in [0.05, 0.1) is 17.6 Å². The molecule has 0 aliphatic heterocycles. The fourth-order valence-corrected chi connectivity index (χ4v) is 1.86. The first-order valence-corrected chi connectivity index (χ1v) is 5.59. The van der Waals surface area contributed by atoms with Gasteiger partial charge in [-0.1, -0.05) is 42.5 Å². The third kappa shape index (κ3) is 1.97. The highest BCUT2D eigenvalue weighted by Crippen LogP contribution is 2.17. The number of hydrogen-bond acceptors (Lipinski definition) is 1. The molecule has 0 amide bonds. The van der Waals surface area contributed by atoms with E-state index in [2.05, 4.69) is 22.1 Å². The smallest absolute Gasteiger partial charge is 0.0646 e. The van der Waals surface area contributed by atoms with Crippen molar-refractivity contribution in [2.75, 3.05) is 0 Å². The van der Waals surface area contributed by atoms with E-state index in [0.717, 1.165) is 11.4 Å². The normalized spacial score (nSPS) is 11.3. The lowest BCUT2D eigenvalue weighted by Crippen LogP contribution is -1.80. The Hall–Kier alpha value is -2.35. The maximum absolute atomic E-state index is 4.44. The van der Waals surface area contributed by atoms with Crippen molar-refractivity contribution in [1.29, 1.82) is 0 Å². The van der Waals surface area contributed by atoms with Gasteiger partial charge in [-0.05, 0) is 17.5 Å². The molecule has 0 radical (unpaired) electrons. The summed E-state index contributed by atoms with van der Waals surface area (Å²) in [5.41, 5.74) is 2.01. The Labute approximate surface area is 99.6 Å². The number of nitrogens with one attached hydrogen (secondary N) is 1. The number of para-hydroxylation sites is 1. The molecule has 0 saturated heterocycles. The summed E-state index contributed by atoms with van der Waals surface area (Å²) in [5.74, 6) is 0. The van der Waals surface area contributed by atoms with Crippen molar-refractivity contribution >= 4 is 22.7 Å². The molecule has 0 aliphatic carbocycles. The second-order valence-corrected chi connectivity index (χ2v) is 3.88. The van der Waals surface area contributed by atoms with Crippen LogP contribution in [0.15, 0.2) is 65.8 Å². The van der Waals surface area contributed by atoms with E-state index in [1.165, 1.54) is 10.8 Å². The summed E-state index contributed by atoms with van der Waals surface area (Å²) in [6.07, 6.45) is 3.87. The van der Waals surface area contributed by atoms with Gasteiger partial charge in [-0.25, -0.2) is 0 Å². The molecule has 82 valence electrons. The molecule has 3 aromatic rings. The molecule has 1 N–H and O–H groups in total. The van der Waals surface area contributed by atoms with E-state index < -0.39 is 0 Å². The van der Waals surface area contributed by atoms with Gasteiger partial charge >= 0.3 is 0 Å². The number of hydrogen-bond donors (Lipinski definition) is 1. The molecule has 0 unspecified atom stereocenters. The van der Waals surface area contributed by atoms with Crippen LogP contribution in [0.2, 0.25) is 0 Å². The molecule has 2 aromatic carbocycles. The molecular formula is C15H12N2. The van der Waals surface area contributed by atoms with Crippen molar-refractivity contribution < 1.29 is 0 Å². The number of aromatic nitrogens is 1. The average Bonchev–Trinajstić information content (AvgIpc) is 2.81. The highest BCUT2D eigenvalue weighted by molar-refractivity contribution is 5.99. The number of rotatable bonds is 2. The summed E-state index contributed by atoms with van der Waals surface area (Å²) in [6, 6.07) is 18.2. The summed E-state index contributed by atoms with van der Waals surface area (Å²) in [4.78, 5) is 7.68. The molecule has 1 aromatic heterocycles. The number of benzene rings is 2. The first-order chi connectivity index (χ1) is 8.43. The van der Waals surface area contributed by atoms with Gasteiger partial charge in [-0.2, -0.15) is 0 Å². The monoisotopic (exact) mass is 220 g/mol. The van der Waals surface area contributed by atoms with E-state index in [0.29, 0.717) is 0 Å². The van der Waals surface area contributed by atoms with Crippen molar-refractivity contribution in [3.05, 3.63) is 66.5 Å². The first-order valence-electron chi connectivity index (χ1n) is 5.59. The molecule has 17 heavy (non-hydrogen) atoms. The van der Waals surface area contributed by atoms with Crippen LogP contribution in [0.5, 0.6) is 0 Å². The Kier molecular flexibility index (Phi) is 2.47. The average molecular weight is 220 g/mol. The van der Waals surface area contributed by atoms with Crippen LogP contribution in [0.3, 0.4) is 0 Å². The Morgan fingerprint density at radius 2 is 1.65 bits per heavy atom. The van der Waals surface area contributed by atoms with Gasteiger partial charge in [0.15, 0.2) is 0 Å². The first kappa shape index (κ1) is 9.85. The Morgan fingerprint density at radius 3 is 2.53 bits per heavy atom. The van der Waals surface area contributed by atoms with Crippen molar-refractivity contribution in [2.45, 2.75) is 0 Å². The predicted molar refractivity (Wildman–Crippen MR) is 72.0 cm³/mol. The van der Waals surface area contributed by atoms with Crippen LogP contribution < -0.4 is 0 Å². The molecule has 1 heterocycles. The number of fused-ring (bicyclic) bond motifs is 1. The summed E-state index contributed by atoms with van der Waals surface area (Å²) >= 11 is 0. The van der Waals surface area contributed by atoms with Gasteiger partial charge in [0.2, 0.25) is 0 Å². The molecule has 2 nitrogen and oxygen atoms in total. The molecule has 0 aliphatic rings.